The molecule has 1 atom stereocenters. The summed E-state index contributed by atoms with van der Waals surface area (Å²) in [5.74, 6) is 7.09. The van der Waals surface area contributed by atoms with Gasteiger partial charge in [-0.15, -0.1) is 11.6 Å². The Kier molecular flexibility index (Phi) is 5.60. The molecule has 3 N–H and O–H groups in total. The van der Waals surface area contributed by atoms with E-state index in [1.807, 2.05) is 18.2 Å². The summed E-state index contributed by atoms with van der Waals surface area (Å²) in [5, 5.41) is 0. The quantitative estimate of drug-likeness (QED) is 0.458. The summed E-state index contributed by atoms with van der Waals surface area (Å²) in [6.07, 6.45) is 1.88. The van der Waals surface area contributed by atoms with Crippen LogP contribution < -0.4 is 16.0 Å². The van der Waals surface area contributed by atoms with Crippen molar-refractivity contribution in [1.82, 2.24) is 5.43 Å². The van der Waals surface area contributed by atoms with Crippen LogP contribution in [0.1, 0.15) is 30.0 Å². The minimum atomic E-state index is 0.157. The van der Waals surface area contributed by atoms with E-state index in [1.165, 1.54) is 11.1 Å². The van der Waals surface area contributed by atoms with Gasteiger partial charge in [-0.05, 0) is 43.0 Å². The van der Waals surface area contributed by atoms with Gasteiger partial charge in [-0.2, -0.15) is 0 Å². The fourth-order valence-corrected chi connectivity index (χ4v) is 1.93. The molecule has 1 aromatic carbocycles. The van der Waals surface area contributed by atoms with Crippen LogP contribution in [-0.2, 0) is 0 Å². The average molecular weight is 243 g/mol. The molecular formula is C12H19ClN2O. The van der Waals surface area contributed by atoms with Gasteiger partial charge in [0.25, 0.3) is 0 Å². The highest BCUT2D eigenvalue weighted by Gasteiger charge is 2.12. The number of hydrazine groups is 1. The molecule has 0 bridgehead atoms. The maximum absolute atomic E-state index is 5.69. The summed E-state index contributed by atoms with van der Waals surface area (Å²) in [6, 6.07) is 6.17. The molecule has 0 radical (unpaired) electrons. The van der Waals surface area contributed by atoms with E-state index < -0.39 is 0 Å². The van der Waals surface area contributed by atoms with E-state index in [9.17, 15) is 0 Å². The van der Waals surface area contributed by atoms with E-state index in [0.717, 1.165) is 18.6 Å². The van der Waals surface area contributed by atoms with Gasteiger partial charge in [0.2, 0.25) is 0 Å². The van der Waals surface area contributed by atoms with E-state index in [2.05, 4.69) is 12.3 Å². The topological polar surface area (TPSA) is 47.3 Å². The van der Waals surface area contributed by atoms with E-state index in [4.69, 9.17) is 22.2 Å². The first-order chi connectivity index (χ1) is 7.72. The number of nitrogens with one attached hydrogen (secondary N) is 1. The van der Waals surface area contributed by atoms with Crippen LogP contribution in [0.3, 0.4) is 0 Å². The van der Waals surface area contributed by atoms with Gasteiger partial charge in [-0.3, -0.25) is 11.3 Å². The summed E-state index contributed by atoms with van der Waals surface area (Å²) in [6.45, 7) is 2.06. The third-order valence-electron chi connectivity index (χ3n) is 2.68. The number of alkyl halides is 1. The second kappa shape index (κ2) is 6.74. The molecule has 0 aliphatic heterocycles. The first-order valence-corrected chi connectivity index (χ1v) is 5.93. The zero-order valence-electron chi connectivity index (χ0n) is 9.79. The van der Waals surface area contributed by atoms with Gasteiger partial charge >= 0.3 is 0 Å². The van der Waals surface area contributed by atoms with Crippen molar-refractivity contribution < 1.29 is 4.74 Å². The first-order valence-electron chi connectivity index (χ1n) is 5.39. The minimum Gasteiger partial charge on any atom is -0.497 e. The van der Waals surface area contributed by atoms with Crippen molar-refractivity contribution in [2.24, 2.45) is 5.84 Å². The Hall–Kier alpha value is -0.770. The fraction of sp³-hybridized carbons (Fsp3) is 0.500. The zero-order chi connectivity index (χ0) is 12.0. The Morgan fingerprint density at radius 3 is 2.75 bits per heavy atom. The molecule has 0 heterocycles. The predicted octanol–water partition coefficient (Wildman–Crippen LogP) is 2.53. The fourth-order valence-electron chi connectivity index (χ4n) is 1.78. The van der Waals surface area contributed by atoms with E-state index in [-0.39, 0.29) is 6.04 Å². The van der Waals surface area contributed by atoms with Crippen molar-refractivity contribution in [3.8, 4) is 5.75 Å². The molecule has 16 heavy (non-hydrogen) atoms. The Morgan fingerprint density at radius 2 is 2.25 bits per heavy atom. The number of aryl methyl sites for hydroxylation is 1. The van der Waals surface area contributed by atoms with Crippen molar-refractivity contribution in [2.75, 3.05) is 13.0 Å². The average Bonchev–Trinajstić information content (AvgIpc) is 2.31. The van der Waals surface area contributed by atoms with Gasteiger partial charge in [0.15, 0.2) is 0 Å². The highest BCUT2D eigenvalue weighted by Crippen LogP contribution is 2.25. The number of hydrogen-bond donors (Lipinski definition) is 2. The number of hydrogen-bond acceptors (Lipinski definition) is 3. The number of halogens is 1. The molecule has 1 rings (SSSR count). The van der Waals surface area contributed by atoms with Crippen molar-refractivity contribution in [3.63, 3.8) is 0 Å². The largest absolute Gasteiger partial charge is 0.497 e. The van der Waals surface area contributed by atoms with Gasteiger partial charge in [0.05, 0.1) is 7.11 Å². The van der Waals surface area contributed by atoms with E-state index >= 15 is 0 Å². The summed E-state index contributed by atoms with van der Waals surface area (Å²) in [5.41, 5.74) is 5.21. The third-order valence-corrected chi connectivity index (χ3v) is 2.95. The molecule has 1 aromatic rings. The molecular weight excluding hydrogens is 224 g/mol. The Morgan fingerprint density at radius 1 is 1.50 bits per heavy atom. The number of benzene rings is 1. The van der Waals surface area contributed by atoms with Gasteiger partial charge in [0, 0.05) is 11.9 Å². The first kappa shape index (κ1) is 13.3. The third kappa shape index (κ3) is 3.37. The maximum Gasteiger partial charge on any atom is 0.119 e. The highest BCUT2D eigenvalue weighted by atomic mass is 35.5. The number of methoxy groups -OCH3 is 1. The normalized spacial score (nSPS) is 12.5. The molecule has 0 aliphatic rings. The Balaban J connectivity index is 2.83. The van der Waals surface area contributed by atoms with Crippen molar-refractivity contribution in [2.45, 2.75) is 25.8 Å². The van der Waals surface area contributed by atoms with Crippen LogP contribution in [-0.4, -0.2) is 13.0 Å². The van der Waals surface area contributed by atoms with Gasteiger partial charge in [-0.25, -0.2) is 0 Å². The highest BCUT2D eigenvalue weighted by molar-refractivity contribution is 6.17. The molecule has 0 saturated carbocycles. The summed E-state index contributed by atoms with van der Waals surface area (Å²) >= 11 is 5.69. The molecule has 90 valence electrons. The minimum absolute atomic E-state index is 0.157. The lowest BCUT2D eigenvalue weighted by Crippen LogP contribution is -2.28. The zero-order valence-corrected chi connectivity index (χ0v) is 10.6. The van der Waals surface area contributed by atoms with Crippen LogP contribution in [0.25, 0.3) is 0 Å². The summed E-state index contributed by atoms with van der Waals surface area (Å²) in [7, 11) is 1.67. The summed E-state index contributed by atoms with van der Waals surface area (Å²) in [4.78, 5) is 0. The molecule has 3 nitrogen and oxygen atoms in total. The van der Waals surface area contributed by atoms with Crippen molar-refractivity contribution in [3.05, 3.63) is 29.3 Å². The van der Waals surface area contributed by atoms with Gasteiger partial charge < -0.3 is 4.74 Å². The molecule has 0 fully saturated rings. The number of rotatable bonds is 6. The second-order valence-corrected chi connectivity index (χ2v) is 4.15. The van der Waals surface area contributed by atoms with Crippen molar-refractivity contribution >= 4 is 11.6 Å². The van der Waals surface area contributed by atoms with Crippen molar-refractivity contribution in [1.29, 1.82) is 0 Å². The molecule has 0 aromatic heterocycles. The lowest BCUT2D eigenvalue weighted by molar-refractivity contribution is 0.413. The number of nitrogens with two attached hydrogens (primary N) is 1. The Bertz CT molecular complexity index is 331. The monoisotopic (exact) mass is 242 g/mol. The second-order valence-electron chi connectivity index (χ2n) is 3.77. The lowest BCUT2D eigenvalue weighted by Gasteiger charge is -2.18. The predicted molar refractivity (Wildman–Crippen MR) is 67.7 cm³/mol. The van der Waals surface area contributed by atoms with Crippen LogP contribution in [0.4, 0.5) is 0 Å². The van der Waals surface area contributed by atoms with Crippen LogP contribution in [0, 0.1) is 6.92 Å². The molecule has 0 amide bonds. The van der Waals surface area contributed by atoms with Crippen LogP contribution in [0.2, 0.25) is 0 Å². The number of ether oxygens (including phenoxy) is 1. The smallest absolute Gasteiger partial charge is 0.119 e. The molecule has 0 saturated heterocycles. The molecule has 0 spiro atoms. The summed E-state index contributed by atoms with van der Waals surface area (Å²) < 4.78 is 5.17. The Labute approximate surface area is 102 Å². The molecule has 0 aliphatic carbocycles. The van der Waals surface area contributed by atoms with Crippen LogP contribution in [0.5, 0.6) is 5.75 Å². The maximum atomic E-state index is 5.69. The molecule has 4 heteroatoms. The lowest BCUT2D eigenvalue weighted by atomic mass is 9.98. The SMILES string of the molecule is COc1ccc(C(CCCCl)NN)c(C)c1. The van der Waals surface area contributed by atoms with Gasteiger partial charge in [-0.1, -0.05) is 6.07 Å². The van der Waals surface area contributed by atoms with E-state index in [0.29, 0.717) is 5.88 Å². The van der Waals surface area contributed by atoms with Gasteiger partial charge in [0.1, 0.15) is 5.75 Å². The molecule has 1 unspecified atom stereocenters. The van der Waals surface area contributed by atoms with E-state index in [1.54, 1.807) is 7.11 Å². The standard InChI is InChI=1S/C12H19ClN2O/c1-9-8-10(16-2)5-6-11(9)12(15-14)4-3-7-13/h5-6,8,12,15H,3-4,7,14H2,1-2H3. The van der Waals surface area contributed by atoms with Crippen LogP contribution >= 0.6 is 11.6 Å². The van der Waals surface area contributed by atoms with Crippen LogP contribution in [0.15, 0.2) is 18.2 Å².